The summed E-state index contributed by atoms with van der Waals surface area (Å²) in [7, 11) is -0.751. The largest absolute Gasteiger partial charge is 0.496 e. The van der Waals surface area contributed by atoms with E-state index in [0.29, 0.717) is 37.7 Å². The highest BCUT2D eigenvalue weighted by molar-refractivity contribution is 7.85. The molecule has 39 heavy (non-hydrogen) atoms. The lowest BCUT2D eigenvalue weighted by molar-refractivity contribution is -0.144. The Hall–Kier alpha value is -3.44. The topological polar surface area (TPSA) is 134 Å². The summed E-state index contributed by atoms with van der Waals surface area (Å²) >= 11 is 0. The fraction of sp³-hybridized carbons (Fsp3) is 0.345. The Labute approximate surface area is 230 Å². The fourth-order valence-electron chi connectivity index (χ4n) is 3.66. The lowest BCUT2D eigenvalue weighted by Gasteiger charge is -2.16. The number of hydrogen-bond acceptors (Lipinski definition) is 8. The van der Waals surface area contributed by atoms with Gasteiger partial charge < -0.3 is 24.7 Å². The van der Waals surface area contributed by atoms with E-state index < -0.39 is 16.2 Å². The molecule has 1 atom stereocenters. The molecule has 212 valence electrons. The predicted molar refractivity (Wildman–Crippen MR) is 150 cm³/mol. The Bertz CT molecular complexity index is 1280. The molecule has 3 rings (SSSR count). The average molecular weight is 560 g/mol. The van der Waals surface area contributed by atoms with Crippen LogP contribution >= 0.6 is 0 Å². The van der Waals surface area contributed by atoms with Crippen molar-refractivity contribution >= 4 is 16.1 Å². The van der Waals surface area contributed by atoms with Crippen molar-refractivity contribution < 1.29 is 36.7 Å². The van der Waals surface area contributed by atoms with E-state index >= 15 is 0 Å². The molecule has 0 bridgehead atoms. The smallest absolute Gasteiger partial charge is 0.323 e. The first-order chi connectivity index (χ1) is 18.5. The number of methoxy groups -OCH3 is 2. The third-order valence-electron chi connectivity index (χ3n) is 5.64. The van der Waals surface area contributed by atoms with Crippen LogP contribution in [0.5, 0.6) is 11.5 Å². The van der Waals surface area contributed by atoms with Crippen molar-refractivity contribution in [3.63, 3.8) is 0 Å². The molecular weight excluding hydrogens is 522 g/mol. The highest BCUT2D eigenvalue weighted by Crippen LogP contribution is 2.40. The van der Waals surface area contributed by atoms with Gasteiger partial charge in [-0.1, -0.05) is 42.0 Å². The Kier molecular flexibility index (Phi) is 12.4. The Morgan fingerprint density at radius 3 is 1.92 bits per heavy atom. The molecule has 0 spiro atoms. The molecule has 3 aromatic rings. The van der Waals surface area contributed by atoms with Crippen LogP contribution in [0.3, 0.4) is 0 Å². The Balaban J connectivity index is 0.000000404. The zero-order valence-electron chi connectivity index (χ0n) is 23.0. The van der Waals surface area contributed by atoms with Gasteiger partial charge in [-0.3, -0.25) is 9.35 Å². The maximum atomic E-state index is 11.7. The minimum Gasteiger partial charge on any atom is -0.496 e. The summed E-state index contributed by atoms with van der Waals surface area (Å²) in [6.07, 6.45) is 0.417. The fourth-order valence-corrected chi connectivity index (χ4v) is 4.14. The monoisotopic (exact) mass is 559 g/mol. The van der Waals surface area contributed by atoms with Gasteiger partial charge in [0.25, 0.3) is 10.1 Å². The van der Waals surface area contributed by atoms with Crippen LogP contribution in [0.25, 0.3) is 11.1 Å². The van der Waals surface area contributed by atoms with Crippen LogP contribution in [0, 0.1) is 6.92 Å². The highest BCUT2D eigenvalue weighted by Gasteiger charge is 2.17. The van der Waals surface area contributed by atoms with Crippen LogP contribution < -0.4 is 15.2 Å². The SMILES string of the molecule is CCOCc1cc(OC)c(-c2ccc(C[C@H](N)C(=O)OCC)cc2)c(OC)c1.Cc1ccc(S(=O)(=O)O)cc1. The van der Waals surface area contributed by atoms with E-state index in [1.165, 1.54) is 12.1 Å². The maximum Gasteiger partial charge on any atom is 0.323 e. The molecule has 0 aliphatic rings. The van der Waals surface area contributed by atoms with Crippen molar-refractivity contribution in [3.8, 4) is 22.6 Å². The van der Waals surface area contributed by atoms with Gasteiger partial charge >= 0.3 is 5.97 Å². The maximum absolute atomic E-state index is 11.7. The molecule has 10 heteroatoms. The summed E-state index contributed by atoms with van der Waals surface area (Å²) in [5.74, 6) is 1.04. The van der Waals surface area contributed by atoms with Crippen LogP contribution in [0.2, 0.25) is 0 Å². The predicted octanol–water partition coefficient (Wildman–Crippen LogP) is 4.58. The van der Waals surface area contributed by atoms with Crippen molar-refractivity contribution in [2.45, 2.75) is 44.7 Å². The second-order valence-corrected chi connectivity index (χ2v) is 9.98. The van der Waals surface area contributed by atoms with E-state index in [1.54, 1.807) is 33.3 Å². The van der Waals surface area contributed by atoms with Crippen molar-refractivity contribution in [2.75, 3.05) is 27.4 Å². The van der Waals surface area contributed by atoms with E-state index in [0.717, 1.165) is 27.8 Å². The van der Waals surface area contributed by atoms with Gasteiger partial charge in [0.15, 0.2) is 0 Å². The molecule has 0 radical (unpaired) electrons. The molecule has 3 aromatic carbocycles. The number of esters is 1. The van der Waals surface area contributed by atoms with Gasteiger partial charge in [0.2, 0.25) is 0 Å². The molecule has 0 heterocycles. The quantitative estimate of drug-likeness (QED) is 0.256. The second kappa shape index (κ2) is 15.2. The van der Waals surface area contributed by atoms with Crippen molar-refractivity contribution in [1.29, 1.82) is 0 Å². The van der Waals surface area contributed by atoms with E-state index in [1.807, 2.05) is 50.2 Å². The number of carbonyl (C=O) groups is 1. The molecule has 9 nitrogen and oxygen atoms in total. The average Bonchev–Trinajstić information content (AvgIpc) is 2.92. The van der Waals surface area contributed by atoms with Gasteiger partial charge in [0, 0.05) is 6.61 Å². The summed E-state index contributed by atoms with van der Waals surface area (Å²) in [5, 5.41) is 0. The number of carbonyl (C=O) groups excluding carboxylic acids is 1. The first-order valence-corrected chi connectivity index (χ1v) is 13.9. The van der Waals surface area contributed by atoms with Crippen LogP contribution in [-0.4, -0.2) is 52.4 Å². The number of nitrogens with two attached hydrogens (primary N) is 1. The van der Waals surface area contributed by atoms with Gasteiger partial charge in [0.1, 0.15) is 17.5 Å². The Morgan fingerprint density at radius 1 is 0.897 bits per heavy atom. The lowest BCUT2D eigenvalue weighted by Crippen LogP contribution is -2.34. The normalized spacial score (nSPS) is 11.7. The number of benzene rings is 3. The van der Waals surface area contributed by atoms with Gasteiger partial charge in [-0.05, 0) is 68.1 Å². The molecule has 0 aromatic heterocycles. The first-order valence-electron chi connectivity index (χ1n) is 12.4. The molecule has 0 saturated heterocycles. The lowest BCUT2D eigenvalue weighted by atomic mass is 9.98. The molecule has 0 aliphatic heterocycles. The molecule has 0 amide bonds. The molecule has 3 N–H and O–H groups in total. The van der Waals surface area contributed by atoms with E-state index in [9.17, 15) is 13.2 Å². The molecule has 0 unspecified atom stereocenters. The number of rotatable bonds is 11. The number of hydrogen-bond donors (Lipinski definition) is 2. The van der Waals surface area contributed by atoms with Gasteiger partial charge in [-0.2, -0.15) is 8.42 Å². The highest BCUT2D eigenvalue weighted by atomic mass is 32.2. The van der Waals surface area contributed by atoms with E-state index in [2.05, 4.69) is 0 Å². The van der Waals surface area contributed by atoms with Crippen LogP contribution in [0.4, 0.5) is 0 Å². The minimum atomic E-state index is -4.02. The minimum absolute atomic E-state index is 0.0666. The number of ether oxygens (including phenoxy) is 4. The zero-order chi connectivity index (χ0) is 29.0. The van der Waals surface area contributed by atoms with Crippen molar-refractivity contribution in [3.05, 3.63) is 77.4 Å². The standard InChI is InChI=1S/C22H29NO5.C7H8O3S/c1-5-27-14-16-12-19(25-3)21(20(13-16)26-4)17-9-7-15(8-10-17)11-18(23)22(24)28-6-2;1-6-2-4-7(5-3-6)11(8,9)10/h7-10,12-13,18H,5-6,11,14,23H2,1-4H3;2-5H,1H3,(H,8,9,10)/t18-;/m0./s1. The summed E-state index contributed by atoms with van der Waals surface area (Å²) in [6.45, 7) is 7.02. The van der Waals surface area contributed by atoms with Crippen LogP contribution in [0.1, 0.15) is 30.5 Å². The second-order valence-electron chi connectivity index (χ2n) is 8.56. The zero-order valence-corrected chi connectivity index (χ0v) is 23.8. The summed E-state index contributed by atoms with van der Waals surface area (Å²) in [6, 6.07) is 17.1. The molecule has 0 fully saturated rings. The summed E-state index contributed by atoms with van der Waals surface area (Å²) < 4.78 is 51.2. The Morgan fingerprint density at radius 2 is 1.46 bits per heavy atom. The van der Waals surface area contributed by atoms with Gasteiger partial charge in [-0.25, -0.2) is 0 Å². The van der Waals surface area contributed by atoms with Crippen LogP contribution in [0.15, 0.2) is 65.6 Å². The van der Waals surface area contributed by atoms with Crippen molar-refractivity contribution in [2.24, 2.45) is 5.73 Å². The first kappa shape index (κ1) is 31.8. The van der Waals surface area contributed by atoms with E-state index in [-0.39, 0.29) is 10.9 Å². The number of aryl methyl sites for hydroxylation is 1. The van der Waals surface area contributed by atoms with E-state index in [4.69, 9.17) is 29.2 Å². The van der Waals surface area contributed by atoms with Gasteiger partial charge in [0.05, 0.1) is 37.9 Å². The van der Waals surface area contributed by atoms with Gasteiger partial charge in [-0.15, -0.1) is 0 Å². The third kappa shape index (κ3) is 9.67. The molecular formula is C29H37NO8S. The summed E-state index contributed by atoms with van der Waals surface area (Å²) in [5.41, 5.74) is 10.6. The third-order valence-corrected chi connectivity index (χ3v) is 6.51. The molecule has 0 saturated carbocycles. The molecule has 0 aliphatic carbocycles. The van der Waals surface area contributed by atoms with Crippen molar-refractivity contribution in [1.82, 2.24) is 0 Å². The van der Waals surface area contributed by atoms with Crippen LogP contribution in [-0.2, 0) is 37.4 Å². The summed E-state index contributed by atoms with van der Waals surface area (Å²) in [4.78, 5) is 11.7.